The Labute approximate surface area is 275 Å². The molecule has 0 amide bonds. The predicted octanol–water partition coefficient (Wildman–Crippen LogP) is 12.6. The molecule has 0 atom stereocenters. The van der Waals surface area contributed by atoms with Crippen LogP contribution in [0.3, 0.4) is 0 Å². The van der Waals surface area contributed by atoms with Gasteiger partial charge in [0.05, 0.1) is 0 Å². The first kappa shape index (κ1) is 30.9. The molecular weight excluding hydrogens is 556 g/mol. The highest BCUT2D eigenvalue weighted by molar-refractivity contribution is 5.78. The molecule has 2 nitrogen and oxygen atoms in total. The third-order valence-corrected chi connectivity index (χ3v) is 9.27. The first-order valence-electron chi connectivity index (χ1n) is 16.3. The molecular formula is C44H44N2. The molecule has 0 aromatic heterocycles. The van der Waals surface area contributed by atoms with Gasteiger partial charge in [0, 0.05) is 39.5 Å². The average molecular weight is 601 g/mol. The van der Waals surface area contributed by atoms with E-state index in [9.17, 15) is 0 Å². The maximum Gasteiger partial charge on any atom is 0.0464 e. The maximum absolute atomic E-state index is 2.37. The van der Waals surface area contributed by atoms with E-state index in [1.165, 1.54) is 56.1 Å². The minimum absolute atomic E-state index is 0.133. The van der Waals surface area contributed by atoms with Gasteiger partial charge in [-0.3, -0.25) is 0 Å². The molecule has 0 aliphatic heterocycles. The lowest BCUT2D eigenvalue weighted by Crippen LogP contribution is -2.23. The summed E-state index contributed by atoms with van der Waals surface area (Å²) in [6.45, 7) is 13.3. The van der Waals surface area contributed by atoms with E-state index in [1.54, 1.807) is 0 Å². The zero-order chi connectivity index (χ0) is 32.3. The predicted molar refractivity (Wildman–Crippen MR) is 198 cm³/mol. The molecule has 0 heterocycles. The zero-order valence-corrected chi connectivity index (χ0v) is 28.0. The Morgan fingerprint density at radius 3 is 0.913 bits per heavy atom. The van der Waals surface area contributed by atoms with Crippen LogP contribution in [0.5, 0.6) is 0 Å². The van der Waals surface area contributed by atoms with Crippen LogP contribution in [0, 0.1) is 27.7 Å². The van der Waals surface area contributed by atoms with Crippen molar-refractivity contribution in [2.24, 2.45) is 0 Å². The second-order valence-electron chi connectivity index (χ2n) is 12.8. The van der Waals surface area contributed by atoms with Gasteiger partial charge in [-0.05, 0) is 140 Å². The van der Waals surface area contributed by atoms with Gasteiger partial charge in [-0.1, -0.05) is 86.6 Å². The summed E-state index contributed by atoms with van der Waals surface area (Å²) in [6, 6.07) is 53.3. The number of rotatable bonds is 9. The van der Waals surface area contributed by atoms with Crippen molar-refractivity contribution in [1.29, 1.82) is 0 Å². The molecule has 0 N–H and O–H groups in total. The Balaban J connectivity index is 1.35. The Morgan fingerprint density at radius 1 is 0.391 bits per heavy atom. The molecule has 0 saturated heterocycles. The van der Waals surface area contributed by atoms with E-state index in [2.05, 4.69) is 197 Å². The van der Waals surface area contributed by atoms with Gasteiger partial charge in [-0.25, -0.2) is 0 Å². The molecule has 0 fully saturated rings. The summed E-state index contributed by atoms with van der Waals surface area (Å²) < 4.78 is 0. The molecule has 6 rings (SSSR count). The highest BCUT2D eigenvalue weighted by Crippen LogP contribution is 2.41. The number of nitrogens with zero attached hydrogens (tertiary/aromatic N) is 2. The van der Waals surface area contributed by atoms with Crippen molar-refractivity contribution in [3.63, 3.8) is 0 Å². The second-order valence-corrected chi connectivity index (χ2v) is 12.8. The molecule has 0 aliphatic carbocycles. The van der Waals surface area contributed by atoms with Crippen molar-refractivity contribution < 1.29 is 0 Å². The molecule has 0 aliphatic rings. The molecule has 46 heavy (non-hydrogen) atoms. The third kappa shape index (κ3) is 6.34. The van der Waals surface area contributed by atoms with Gasteiger partial charge >= 0.3 is 0 Å². The summed E-state index contributed by atoms with van der Waals surface area (Å²) in [7, 11) is 0. The number of benzene rings is 6. The molecule has 0 radical (unpaired) electrons. The molecule has 6 aromatic carbocycles. The van der Waals surface area contributed by atoms with Crippen LogP contribution >= 0.6 is 0 Å². The Hall–Kier alpha value is -5.08. The van der Waals surface area contributed by atoms with E-state index >= 15 is 0 Å². The highest BCUT2D eigenvalue weighted by atomic mass is 15.1. The standard InChI is InChI=1S/C44H44N2/c1-7-44(6,36-20-24-38(25-21-36)45(40-16-8-12-32(2)28-40)41-17-9-13-33(3)29-41)37-22-26-39(27-23-37)46(42-18-10-14-34(4)30-42)43-19-11-15-35(5)31-43/h8-31H,7H2,1-6H3. The summed E-state index contributed by atoms with van der Waals surface area (Å²) in [5.41, 5.74) is 14.5. The normalized spacial score (nSPS) is 11.3. The Morgan fingerprint density at radius 2 is 0.674 bits per heavy atom. The average Bonchev–Trinajstić information content (AvgIpc) is 3.06. The monoisotopic (exact) mass is 600 g/mol. The lowest BCUT2D eigenvalue weighted by Gasteiger charge is -2.32. The summed E-state index contributed by atoms with van der Waals surface area (Å²) in [4.78, 5) is 4.71. The van der Waals surface area contributed by atoms with E-state index in [-0.39, 0.29) is 5.41 Å². The lowest BCUT2D eigenvalue weighted by atomic mass is 9.74. The fraction of sp³-hybridized carbons (Fsp3) is 0.182. The fourth-order valence-electron chi connectivity index (χ4n) is 6.49. The molecule has 0 unspecified atom stereocenters. The molecule has 0 bridgehead atoms. The summed E-state index contributed by atoms with van der Waals surface area (Å²) in [5, 5.41) is 0. The van der Waals surface area contributed by atoms with Gasteiger partial charge in [0.25, 0.3) is 0 Å². The first-order valence-corrected chi connectivity index (χ1v) is 16.3. The molecule has 2 heteroatoms. The number of hydrogen-bond donors (Lipinski definition) is 0. The van der Waals surface area contributed by atoms with E-state index in [4.69, 9.17) is 0 Å². The van der Waals surface area contributed by atoms with Crippen molar-refractivity contribution in [3.05, 3.63) is 179 Å². The van der Waals surface area contributed by atoms with Crippen LogP contribution in [0.4, 0.5) is 34.1 Å². The lowest BCUT2D eigenvalue weighted by molar-refractivity contribution is 0.550. The van der Waals surface area contributed by atoms with E-state index in [0.29, 0.717) is 0 Å². The van der Waals surface area contributed by atoms with Crippen molar-refractivity contribution >= 4 is 34.1 Å². The molecule has 6 aromatic rings. The fourth-order valence-corrected chi connectivity index (χ4v) is 6.49. The van der Waals surface area contributed by atoms with Crippen molar-refractivity contribution in [1.82, 2.24) is 0 Å². The minimum atomic E-state index is -0.133. The number of hydrogen-bond acceptors (Lipinski definition) is 2. The van der Waals surface area contributed by atoms with Crippen LogP contribution < -0.4 is 9.80 Å². The smallest absolute Gasteiger partial charge is 0.0464 e. The van der Waals surface area contributed by atoms with Crippen LogP contribution in [-0.2, 0) is 5.41 Å². The Kier molecular flexibility index (Phi) is 8.81. The van der Waals surface area contributed by atoms with Crippen LogP contribution in [-0.4, -0.2) is 0 Å². The van der Waals surface area contributed by atoms with Gasteiger partial charge in [0.15, 0.2) is 0 Å². The topological polar surface area (TPSA) is 6.48 Å². The van der Waals surface area contributed by atoms with Gasteiger partial charge in [-0.2, -0.15) is 0 Å². The van der Waals surface area contributed by atoms with Crippen LogP contribution in [0.25, 0.3) is 0 Å². The highest BCUT2D eigenvalue weighted by Gasteiger charge is 2.28. The Bertz CT molecular complexity index is 1710. The third-order valence-electron chi connectivity index (χ3n) is 9.27. The largest absolute Gasteiger partial charge is 0.310 e. The molecule has 0 saturated carbocycles. The van der Waals surface area contributed by atoms with Crippen molar-refractivity contribution in [3.8, 4) is 0 Å². The summed E-state index contributed by atoms with van der Waals surface area (Å²) >= 11 is 0. The van der Waals surface area contributed by atoms with Crippen LogP contribution in [0.15, 0.2) is 146 Å². The van der Waals surface area contributed by atoms with Crippen molar-refractivity contribution in [2.45, 2.75) is 53.4 Å². The van der Waals surface area contributed by atoms with E-state index < -0.39 is 0 Å². The van der Waals surface area contributed by atoms with Gasteiger partial charge < -0.3 is 9.80 Å². The summed E-state index contributed by atoms with van der Waals surface area (Å²) in [6.07, 6.45) is 0.991. The number of aryl methyl sites for hydroxylation is 4. The first-order chi connectivity index (χ1) is 22.2. The second kappa shape index (κ2) is 13.1. The minimum Gasteiger partial charge on any atom is -0.310 e. The van der Waals surface area contributed by atoms with Crippen LogP contribution in [0.2, 0.25) is 0 Å². The zero-order valence-electron chi connectivity index (χ0n) is 28.0. The van der Waals surface area contributed by atoms with Crippen LogP contribution in [0.1, 0.15) is 53.6 Å². The molecule has 230 valence electrons. The summed E-state index contributed by atoms with van der Waals surface area (Å²) in [5.74, 6) is 0. The molecule has 0 spiro atoms. The van der Waals surface area contributed by atoms with Gasteiger partial charge in [0.1, 0.15) is 0 Å². The van der Waals surface area contributed by atoms with Gasteiger partial charge in [0.2, 0.25) is 0 Å². The maximum atomic E-state index is 2.37. The van der Waals surface area contributed by atoms with E-state index in [1.807, 2.05) is 0 Å². The van der Waals surface area contributed by atoms with Gasteiger partial charge in [-0.15, -0.1) is 0 Å². The van der Waals surface area contributed by atoms with Crippen molar-refractivity contribution in [2.75, 3.05) is 9.80 Å². The quantitative estimate of drug-likeness (QED) is 0.163. The number of anilines is 6. The van der Waals surface area contributed by atoms with E-state index in [0.717, 1.165) is 17.8 Å². The SMILES string of the molecule is CCC(C)(c1ccc(N(c2cccc(C)c2)c2cccc(C)c2)cc1)c1ccc(N(c2cccc(C)c2)c2cccc(C)c2)cc1.